The number of hydrogen-bond donors (Lipinski definition) is 2. The summed E-state index contributed by atoms with van der Waals surface area (Å²) in [5.74, 6) is -0.310. The predicted octanol–water partition coefficient (Wildman–Crippen LogP) is 4.35. The number of aromatic hydroxyl groups is 1. The quantitative estimate of drug-likeness (QED) is 0.479. The van der Waals surface area contributed by atoms with E-state index in [-0.39, 0.29) is 58.3 Å². The third-order valence-corrected chi connectivity index (χ3v) is 6.08. The number of ketones is 1. The van der Waals surface area contributed by atoms with E-state index in [1.165, 1.54) is 6.07 Å². The fourth-order valence-corrected chi connectivity index (χ4v) is 4.18. The lowest BCUT2D eigenvalue weighted by molar-refractivity contribution is -0.121. The number of carbonyl (C=O) groups is 1. The molecule has 2 N–H and O–H groups in total. The van der Waals surface area contributed by atoms with Crippen LogP contribution in [-0.2, 0) is 11.2 Å². The van der Waals surface area contributed by atoms with Gasteiger partial charge in [0.1, 0.15) is 33.8 Å². The maximum Gasteiger partial charge on any atom is 0.204 e. The van der Waals surface area contributed by atoms with E-state index in [1.54, 1.807) is 12.1 Å². The smallest absolute Gasteiger partial charge is 0.204 e. The maximum absolute atomic E-state index is 13.6. The molecule has 2 heterocycles. The third kappa shape index (κ3) is 3.31. The molecule has 31 heavy (non-hydrogen) atoms. The van der Waals surface area contributed by atoms with Crippen LogP contribution in [0.1, 0.15) is 43.6 Å². The van der Waals surface area contributed by atoms with E-state index < -0.39 is 11.5 Å². The van der Waals surface area contributed by atoms with Crippen molar-refractivity contribution in [2.45, 2.75) is 40.2 Å². The average Bonchev–Trinajstić information content (AvgIpc) is 2.69. The number of phenolic OH excluding ortho intramolecular Hbond substituents is 1. The summed E-state index contributed by atoms with van der Waals surface area (Å²) in [6, 6.07) is 4.70. The number of fused-ring (bicyclic) bond motifs is 4. The molecule has 1 aliphatic rings. The van der Waals surface area contributed by atoms with Crippen LogP contribution in [0.4, 0.5) is 0 Å². The molecule has 0 spiro atoms. The molecule has 0 saturated carbocycles. The van der Waals surface area contributed by atoms with Gasteiger partial charge in [-0.1, -0.05) is 32.1 Å². The number of Topliss-reactive ketones (excluding diaryl/α,β-unsaturated/α-hetero) is 1. The molecule has 0 bridgehead atoms. The Balaban J connectivity index is 2.07. The van der Waals surface area contributed by atoms with Gasteiger partial charge in [0.05, 0.1) is 18.1 Å². The number of aliphatic hydroxyl groups excluding tert-OH is 1. The van der Waals surface area contributed by atoms with Gasteiger partial charge in [0.15, 0.2) is 0 Å². The van der Waals surface area contributed by atoms with E-state index in [9.17, 15) is 19.8 Å². The van der Waals surface area contributed by atoms with Crippen molar-refractivity contribution >= 4 is 27.7 Å². The summed E-state index contributed by atoms with van der Waals surface area (Å²) in [4.78, 5) is 25.9. The maximum atomic E-state index is 13.6. The molecule has 4 rings (SSSR count). The van der Waals surface area contributed by atoms with Crippen LogP contribution in [0.5, 0.6) is 11.5 Å². The number of phenols is 1. The number of aliphatic hydroxyl groups is 1. The standard InChI is InChI=1S/C25H26O6/c1-11(2)15-10-30-24-13(5)8-18-20(21(24)22(15)28)23(29)19-16(26)7-6-14(25(19)31-18)9-17(27)12(3)4/h6-8,12,15,22,26,28H,1,9-10H2,2-5H3/t15-,22-/m1/s1. The summed E-state index contributed by atoms with van der Waals surface area (Å²) in [5.41, 5.74) is 2.37. The largest absolute Gasteiger partial charge is 0.507 e. The van der Waals surface area contributed by atoms with E-state index in [2.05, 4.69) is 6.58 Å². The molecule has 1 aromatic heterocycles. The van der Waals surface area contributed by atoms with Crippen molar-refractivity contribution < 1.29 is 24.2 Å². The fourth-order valence-electron chi connectivity index (χ4n) is 4.18. The highest BCUT2D eigenvalue weighted by atomic mass is 16.5. The first-order valence-electron chi connectivity index (χ1n) is 10.4. The van der Waals surface area contributed by atoms with E-state index in [4.69, 9.17) is 9.15 Å². The Morgan fingerprint density at radius 1 is 1.29 bits per heavy atom. The molecule has 0 saturated heterocycles. The van der Waals surface area contributed by atoms with E-state index >= 15 is 0 Å². The minimum absolute atomic E-state index is 0.00254. The first-order valence-corrected chi connectivity index (χ1v) is 10.4. The zero-order valence-electron chi connectivity index (χ0n) is 18.1. The normalized spacial score (nSPS) is 18.3. The van der Waals surface area contributed by atoms with Gasteiger partial charge in [0.2, 0.25) is 5.43 Å². The zero-order chi connectivity index (χ0) is 22.6. The van der Waals surface area contributed by atoms with Gasteiger partial charge in [-0.2, -0.15) is 0 Å². The monoisotopic (exact) mass is 422 g/mol. The number of aryl methyl sites for hydroxylation is 1. The van der Waals surface area contributed by atoms with Gasteiger partial charge in [-0.25, -0.2) is 0 Å². The Labute approximate surface area is 179 Å². The van der Waals surface area contributed by atoms with Crippen LogP contribution in [0.3, 0.4) is 0 Å². The van der Waals surface area contributed by atoms with Crippen molar-refractivity contribution in [3.63, 3.8) is 0 Å². The topological polar surface area (TPSA) is 97.0 Å². The van der Waals surface area contributed by atoms with Gasteiger partial charge in [-0.05, 0) is 31.5 Å². The van der Waals surface area contributed by atoms with Gasteiger partial charge >= 0.3 is 0 Å². The Kier molecular flexibility index (Phi) is 5.13. The first-order chi connectivity index (χ1) is 14.6. The zero-order valence-corrected chi connectivity index (χ0v) is 18.1. The molecular weight excluding hydrogens is 396 g/mol. The summed E-state index contributed by atoms with van der Waals surface area (Å²) in [6.45, 7) is 11.4. The summed E-state index contributed by atoms with van der Waals surface area (Å²) in [6.07, 6.45) is -0.895. The van der Waals surface area contributed by atoms with Crippen LogP contribution < -0.4 is 10.2 Å². The van der Waals surface area contributed by atoms with E-state index in [0.29, 0.717) is 16.9 Å². The minimum Gasteiger partial charge on any atom is -0.507 e. The van der Waals surface area contributed by atoms with Crippen LogP contribution in [0, 0.1) is 18.8 Å². The van der Waals surface area contributed by atoms with Gasteiger partial charge in [0.25, 0.3) is 0 Å². The number of benzene rings is 2. The average molecular weight is 422 g/mol. The van der Waals surface area contributed by atoms with Crippen LogP contribution in [-0.4, -0.2) is 22.6 Å². The van der Waals surface area contributed by atoms with E-state index in [1.807, 2.05) is 27.7 Å². The Bertz CT molecular complexity index is 1300. The number of hydrogen-bond acceptors (Lipinski definition) is 6. The molecule has 0 aliphatic carbocycles. The fraction of sp³-hybridized carbons (Fsp3) is 0.360. The second-order valence-electron chi connectivity index (χ2n) is 8.70. The van der Waals surface area contributed by atoms with Crippen LogP contribution in [0.15, 0.2) is 39.6 Å². The van der Waals surface area contributed by atoms with Crippen molar-refractivity contribution in [3.8, 4) is 11.5 Å². The number of carbonyl (C=O) groups excluding carboxylic acids is 1. The molecule has 0 fully saturated rings. The highest BCUT2D eigenvalue weighted by Gasteiger charge is 2.34. The van der Waals surface area contributed by atoms with Crippen LogP contribution in [0.25, 0.3) is 21.9 Å². The molecule has 2 aromatic carbocycles. The van der Waals surface area contributed by atoms with Gasteiger partial charge in [-0.3, -0.25) is 9.59 Å². The van der Waals surface area contributed by atoms with Crippen molar-refractivity contribution in [3.05, 3.63) is 57.3 Å². The van der Waals surface area contributed by atoms with Gasteiger partial charge in [0, 0.05) is 29.4 Å². The lowest BCUT2D eigenvalue weighted by Gasteiger charge is -2.32. The SMILES string of the molecule is C=C(C)[C@H]1COc2c(C)cc3oc4c(CC(=O)C(C)C)ccc(O)c4c(=O)c3c2[C@@H]1O. The molecule has 0 amide bonds. The Morgan fingerprint density at radius 3 is 2.65 bits per heavy atom. The van der Waals surface area contributed by atoms with Crippen LogP contribution in [0.2, 0.25) is 0 Å². The molecular formula is C25H26O6. The number of rotatable bonds is 4. The summed E-state index contributed by atoms with van der Waals surface area (Å²) < 4.78 is 12.0. The molecule has 1 aliphatic heterocycles. The Hall–Kier alpha value is -3.12. The van der Waals surface area contributed by atoms with Crippen molar-refractivity contribution in [1.82, 2.24) is 0 Å². The van der Waals surface area contributed by atoms with Crippen molar-refractivity contribution in [2.24, 2.45) is 11.8 Å². The summed E-state index contributed by atoms with van der Waals surface area (Å²) in [5, 5.41) is 21.7. The van der Waals surface area contributed by atoms with Crippen molar-refractivity contribution in [2.75, 3.05) is 6.61 Å². The molecule has 3 aromatic rings. The summed E-state index contributed by atoms with van der Waals surface area (Å²) in [7, 11) is 0. The van der Waals surface area contributed by atoms with Gasteiger partial charge in [-0.15, -0.1) is 0 Å². The van der Waals surface area contributed by atoms with Crippen molar-refractivity contribution in [1.29, 1.82) is 0 Å². The predicted molar refractivity (Wildman–Crippen MR) is 119 cm³/mol. The second-order valence-corrected chi connectivity index (χ2v) is 8.70. The first kappa shape index (κ1) is 21.1. The highest BCUT2D eigenvalue weighted by molar-refractivity contribution is 5.98. The van der Waals surface area contributed by atoms with E-state index in [0.717, 1.165) is 11.1 Å². The Morgan fingerprint density at radius 2 is 2.00 bits per heavy atom. The minimum atomic E-state index is -0.989. The molecule has 0 unspecified atom stereocenters. The van der Waals surface area contributed by atoms with Gasteiger partial charge < -0.3 is 19.4 Å². The van der Waals surface area contributed by atoms with Crippen LogP contribution >= 0.6 is 0 Å². The molecule has 6 heteroatoms. The summed E-state index contributed by atoms with van der Waals surface area (Å²) >= 11 is 0. The third-order valence-electron chi connectivity index (χ3n) is 6.08. The lowest BCUT2D eigenvalue weighted by Crippen LogP contribution is -2.28. The highest BCUT2D eigenvalue weighted by Crippen LogP contribution is 2.44. The molecule has 162 valence electrons. The molecule has 0 radical (unpaired) electrons. The number of ether oxygens (including phenoxy) is 1. The second kappa shape index (κ2) is 7.54. The lowest BCUT2D eigenvalue weighted by atomic mass is 9.85. The molecule has 2 atom stereocenters. The molecule has 6 nitrogen and oxygen atoms in total.